The molecule has 0 fully saturated rings. The van der Waals surface area contributed by atoms with Gasteiger partial charge in [0.25, 0.3) is 5.91 Å². The van der Waals surface area contributed by atoms with Gasteiger partial charge in [0.05, 0.1) is 5.56 Å². The number of hydrogen-bond donors (Lipinski definition) is 3. The molecule has 1 aromatic carbocycles. The van der Waals surface area contributed by atoms with Crippen LogP contribution in [-0.2, 0) is 4.79 Å². The highest BCUT2D eigenvalue weighted by atomic mass is 19.1. The Hall–Kier alpha value is -2.11. The standard InChI is InChI=1S/C12H16FN3O2/c1-12(2,6-10(15)17)16-11(18)8-4-3-7(14)5-9(8)13/h3-5H,6,14H2,1-2H3,(H2,15,17)(H,16,18). The normalized spacial score (nSPS) is 11.1. The monoisotopic (exact) mass is 253 g/mol. The molecule has 0 unspecified atom stereocenters. The summed E-state index contributed by atoms with van der Waals surface area (Å²) in [6.45, 7) is 3.26. The van der Waals surface area contributed by atoms with E-state index in [1.165, 1.54) is 12.1 Å². The highest BCUT2D eigenvalue weighted by Crippen LogP contribution is 2.14. The molecule has 0 aliphatic carbocycles. The van der Waals surface area contributed by atoms with Crippen molar-refractivity contribution in [2.75, 3.05) is 5.73 Å². The molecule has 0 atom stereocenters. The summed E-state index contributed by atoms with van der Waals surface area (Å²) in [5.41, 5.74) is 9.73. The minimum atomic E-state index is -0.837. The predicted molar refractivity (Wildman–Crippen MR) is 66.2 cm³/mol. The Morgan fingerprint density at radius 2 is 2.00 bits per heavy atom. The average Bonchev–Trinajstić information content (AvgIpc) is 2.13. The molecule has 0 saturated carbocycles. The van der Waals surface area contributed by atoms with Gasteiger partial charge >= 0.3 is 0 Å². The first-order chi connectivity index (χ1) is 8.21. The molecule has 0 aromatic heterocycles. The molecule has 0 aliphatic rings. The van der Waals surface area contributed by atoms with E-state index in [0.29, 0.717) is 0 Å². The Morgan fingerprint density at radius 1 is 1.39 bits per heavy atom. The Labute approximate surface area is 104 Å². The molecular formula is C12H16FN3O2. The highest BCUT2D eigenvalue weighted by molar-refractivity contribution is 5.95. The minimum absolute atomic E-state index is 0.0324. The van der Waals surface area contributed by atoms with E-state index < -0.39 is 23.2 Å². The van der Waals surface area contributed by atoms with Crippen LogP contribution >= 0.6 is 0 Å². The van der Waals surface area contributed by atoms with Gasteiger partial charge in [-0.3, -0.25) is 9.59 Å². The van der Waals surface area contributed by atoms with E-state index in [1.54, 1.807) is 13.8 Å². The van der Waals surface area contributed by atoms with Gasteiger partial charge in [0.2, 0.25) is 5.91 Å². The second-order valence-corrected chi connectivity index (χ2v) is 4.72. The van der Waals surface area contributed by atoms with E-state index in [1.807, 2.05) is 0 Å². The van der Waals surface area contributed by atoms with E-state index in [9.17, 15) is 14.0 Å². The molecule has 2 amide bonds. The number of nitrogen functional groups attached to an aromatic ring is 1. The van der Waals surface area contributed by atoms with Crippen LogP contribution in [0.4, 0.5) is 10.1 Å². The molecule has 5 N–H and O–H groups in total. The minimum Gasteiger partial charge on any atom is -0.399 e. The van der Waals surface area contributed by atoms with Gasteiger partial charge in [-0.05, 0) is 32.0 Å². The maximum absolute atomic E-state index is 13.5. The van der Waals surface area contributed by atoms with Crippen molar-refractivity contribution in [1.82, 2.24) is 5.32 Å². The predicted octanol–water partition coefficient (Wildman–Crippen LogP) is 0.792. The first-order valence-corrected chi connectivity index (χ1v) is 5.37. The zero-order valence-electron chi connectivity index (χ0n) is 10.3. The van der Waals surface area contributed by atoms with E-state index >= 15 is 0 Å². The molecule has 0 heterocycles. The van der Waals surface area contributed by atoms with Crippen LogP contribution in [0.1, 0.15) is 30.6 Å². The van der Waals surface area contributed by atoms with Gasteiger partial charge in [-0.1, -0.05) is 0 Å². The van der Waals surface area contributed by atoms with Crippen LogP contribution in [0.3, 0.4) is 0 Å². The molecular weight excluding hydrogens is 237 g/mol. The number of primary amides is 1. The topological polar surface area (TPSA) is 98.2 Å². The van der Waals surface area contributed by atoms with E-state index in [4.69, 9.17) is 11.5 Å². The first-order valence-electron chi connectivity index (χ1n) is 5.37. The molecule has 1 rings (SSSR count). The van der Waals surface area contributed by atoms with Crippen LogP contribution in [0, 0.1) is 5.82 Å². The van der Waals surface area contributed by atoms with Crippen LogP contribution in [0.2, 0.25) is 0 Å². The lowest BCUT2D eigenvalue weighted by molar-refractivity contribution is -0.119. The van der Waals surface area contributed by atoms with Crippen molar-refractivity contribution in [2.24, 2.45) is 5.73 Å². The fraction of sp³-hybridized carbons (Fsp3) is 0.333. The summed E-state index contributed by atoms with van der Waals surface area (Å²) in [6, 6.07) is 3.79. The molecule has 6 heteroatoms. The SMILES string of the molecule is CC(C)(CC(N)=O)NC(=O)c1ccc(N)cc1F. The lowest BCUT2D eigenvalue weighted by atomic mass is 9.99. The van der Waals surface area contributed by atoms with Crippen LogP contribution in [0.15, 0.2) is 18.2 Å². The average molecular weight is 253 g/mol. The fourth-order valence-electron chi connectivity index (χ4n) is 1.57. The summed E-state index contributed by atoms with van der Waals surface area (Å²) in [5, 5.41) is 2.54. The number of halogens is 1. The number of nitrogens with one attached hydrogen (secondary N) is 1. The summed E-state index contributed by atoms with van der Waals surface area (Å²) >= 11 is 0. The lowest BCUT2D eigenvalue weighted by Crippen LogP contribution is -2.46. The number of hydrogen-bond acceptors (Lipinski definition) is 3. The van der Waals surface area contributed by atoms with Crippen molar-refractivity contribution >= 4 is 17.5 Å². The zero-order valence-corrected chi connectivity index (χ0v) is 10.3. The van der Waals surface area contributed by atoms with Gasteiger partial charge in [-0.15, -0.1) is 0 Å². The second-order valence-electron chi connectivity index (χ2n) is 4.72. The summed E-state index contributed by atoms with van der Waals surface area (Å²) in [7, 11) is 0. The van der Waals surface area contributed by atoms with Crippen molar-refractivity contribution in [3.63, 3.8) is 0 Å². The van der Waals surface area contributed by atoms with E-state index in [-0.39, 0.29) is 17.7 Å². The lowest BCUT2D eigenvalue weighted by Gasteiger charge is -2.24. The van der Waals surface area contributed by atoms with Crippen molar-refractivity contribution in [3.8, 4) is 0 Å². The van der Waals surface area contributed by atoms with Gasteiger partial charge < -0.3 is 16.8 Å². The van der Waals surface area contributed by atoms with E-state index in [2.05, 4.69) is 5.32 Å². The Kier molecular flexibility index (Phi) is 3.90. The van der Waals surface area contributed by atoms with E-state index in [0.717, 1.165) is 6.07 Å². The molecule has 0 spiro atoms. The summed E-state index contributed by atoms with van der Waals surface area (Å²) < 4.78 is 13.5. The number of anilines is 1. The van der Waals surface area contributed by atoms with Gasteiger partial charge in [-0.2, -0.15) is 0 Å². The Bertz CT molecular complexity index is 486. The zero-order chi connectivity index (χ0) is 13.9. The fourth-order valence-corrected chi connectivity index (χ4v) is 1.57. The van der Waals surface area contributed by atoms with Crippen molar-refractivity contribution in [2.45, 2.75) is 25.8 Å². The molecule has 0 saturated heterocycles. The number of carbonyl (C=O) groups is 2. The second kappa shape index (κ2) is 5.03. The van der Waals surface area contributed by atoms with Crippen molar-refractivity contribution in [1.29, 1.82) is 0 Å². The van der Waals surface area contributed by atoms with Crippen molar-refractivity contribution in [3.05, 3.63) is 29.6 Å². The Morgan fingerprint density at radius 3 is 2.50 bits per heavy atom. The third-order valence-electron chi connectivity index (χ3n) is 2.31. The largest absolute Gasteiger partial charge is 0.399 e. The summed E-state index contributed by atoms with van der Waals surface area (Å²) in [6.07, 6.45) is -0.0324. The van der Waals surface area contributed by atoms with Gasteiger partial charge in [0.15, 0.2) is 0 Å². The molecule has 1 aromatic rings. The first kappa shape index (κ1) is 14.0. The molecule has 18 heavy (non-hydrogen) atoms. The number of carbonyl (C=O) groups excluding carboxylic acids is 2. The summed E-state index contributed by atoms with van der Waals surface area (Å²) in [5.74, 6) is -1.86. The number of rotatable bonds is 4. The molecule has 0 aliphatic heterocycles. The van der Waals surface area contributed by atoms with Crippen molar-refractivity contribution < 1.29 is 14.0 Å². The van der Waals surface area contributed by atoms with Gasteiger partial charge in [-0.25, -0.2) is 4.39 Å². The third kappa shape index (κ3) is 3.73. The molecule has 0 bridgehead atoms. The molecule has 5 nitrogen and oxygen atoms in total. The quantitative estimate of drug-likeness (QED) is 0.692. The highest BCUT2D eigenvalue weighted by Gasteiger charge is 2.24. The van der Waals surface area contributed by atoms with Crippen LogP contribution in [0.25, 0.3) is 0 Å². The van der Waals surface area contributed by atoms with Crippen LogP contribution < -0.4 is 16.8 Å². The van der Waals surface area contributed by atoms with Gasteiger partial charge in [0, 0.05) is 17.6 Å². The number of benzene rings is 1. The maximum atomic E-state index is 13.5. The number of amides is 2. The smallest absolute Gasteiger partial charge is 0.254 e. The van der Waals surface area contributed by atoms with Crippen LogP contribution in [-0.4, -0.2) is 17.4 Å². The van der Waals surface area contributed by atoms with Crippen LogP contribution in [0.5, 0.6) is 0 Å². The van der Waals surface area contributed by atoms with Gasteiger partial charge in [0.1, 0.15) is 5.82 Å². The Balaban J connectivity index is 2.85. The third-order valence-corrected chi connectivity index (χ3v) is 2.31. The maximum Gasteiger partial charge on any atom is 0.254 e. The number of nitrogens with two attached hydrogens (primary N) is 2. The molecule has 0 radical (unpaired) electrons. The summed E-state index contributed by atoms with van der Waals surface area (Å²) in [4.78, 5) is 22.7. The molecule has 98 valence electrons.